The molecule has 0 heterocycles. The third-order valence-electron chi connectivity index (χ3n) is 21.3. The van der Waals surface area contributed by atoms with E-state index >= 15 is 0 Å². The van der Waals surface area contributed by atoms with Gasteiger partial charge in [0.05, 0.1) is 26.4 Å². The molecule has 0 aliphatic heterocycles. The number of carbonyl (C=O) groups is 4. The standard InChI is InChI=1S/C90H176O17P2/c1-6-9-12-15-18-21-24-27-29-31-33-35-39-44-49-54-59-64-69-74-88(93)101-80-86(107-89(94)75-70-65-60-55-50-45-40-36-34-32-30-28-25-22-19-16-13-10-7-2)82-105-109(98,99)103-78-84(91)77-102-108(96,97)104-81-85(79-100-87(92)73-68-63-58-53-48-42-26-23-20-17-14-11-8-3)106-90(95)76-71-66-61-56-51-46-41-37-38-43-47-52-57-62-67-72-83(4)5/h83-86,91H,6-82H2,1-5H3,(H,96,97)(H,98,99)/t84-,85+,86+/m0/s1. The maximum Gasteiger partial charge on any atom is 0.472 e. The predicted molar refractivity (Wildman–Crippen MR) is 451 cm³/mol. The molecular formula is C90H176O17P2. The average Bonchev–Trinajstić information content (AvgIpc) is 0.900. The largest absolute Gasteiger partial charge is 0.472 e. The summed E-state index contributed by atoms with van der Waals surface area (Å²) in [6.07, 6.45) is 77.7. The van der Waals surface area contributed by atoms with Crippen LogP contribution in [0.25, 0.3) is 0 Å². The van der Waals surface area contributed by atoms with Crippen molar-refractivity contribution in [3.8, 4) is 0 Å². The number of ether oxygens (including phenoxy) is 4. The predicted octanol–water partition coefficient (Wildman–Crippen LogP) is 27.9. The van der Waals surface area contributed by atoms with E-state index in [0.29, 0.717) is 25.7 Å². The molecule has 19 heteroatoms. The van der Waals surface area contributed by atoms with Gasteiger partial charge in [-0.05, 0) is 31.6 Å². The van der Waals surface area contributed by atoms with E-state index in [0.717, 1.165) is 95.8 Å². The second-order valence-corrected chi connectivity index (χ2v) is 35.7. The first kappa shape index (κ1) is 107. The molecule has 0 fully saturated rings. The lowest BCUT2D eigenvalue weighted by Gasteiger charge is -2.21. The molecule has 0 spiro atoms. The molecule has 0 aliphatic carbocycles. The summed E-state index contributed by atoms with van der Waals surface area (Å²) < 4.78 is 69.1. The number of aliphatic hydroxyl groups is 1. The quantitative estimate of drug-likeness (QED) is 0.0222. The maximum absolute atomic E-state index is 13.2. The van der Waals surface area contributed by atoms with Crippen molar-refractivity contribution in [3.05, 3.63) is 0 Å². The Bertz CT molecular complexity index is 2070. The highest BCUT2D eigenvalue weighted by Crippen LogP contribution is 2.45. The molecule has 0 bridgehead atoms. The Morgan fingerprint density at radius 3 is 0.624 bits per heavy atom. The fourth-order valence-corrected chi connectivity index (χ4v) is 15.8. The van der Waals surface area contributed by atoms with E-state index in [1.54, 1.807) is 0 Å². The van der Waals surface area contributed by atoms with Gasteiger partial charge >= 0.3 is 39.5 Å². The SMILES string of the molecule is CCCCCCCCCCCCCCCCCCCCCC(=O)OC[C@H](COP(=O)(O)OC[C@@H](O)COP(=O)(O)OC[C@@H](COC(=O)CCCCCCCCCCCCCCC)OC(=O)CCCCCCCCCCCCCCCCCC(C)C)OC(=O)CCCCCCCCCCCCCCCCCCCCC. The Kier molecular flexibility index (Phi) is 81.1. The summed E-state index contributed by atoms with van der Waals surface area (Å²) >= 11 is 0. The lowest BCUT2D eigenvalue weighted by Crippen LogP contribution is -2.30. The molecule has 0 amide bonds. The van der Waals surface area contributed by atoms with Gasteiger partial charge in [0.15, 0.2) is 12.2 Å². The summed E-state index contributed by atoms with van der Waals surface area (Å²) in [5, 5.41) is 10.7. The number of aliphatic hydroxyl groups excluding tert-OH is 1. The topological polar surface area (TPSA) is 237 Å². The van der Waals surface area contributed by atoms with E-state index < -0.39 is 97.5 Å². The molecule has 17 nitrogen and oxygen atoms in total. The summed E-state index contributed by atoms with van der Waals surface area (Å²) in [6, 6.07) is 0. The van der Waals surface area contributed by atoms with E-state index in [9.17, 15) is 43.2 Å². The van der Waals surface area contributed by atoms with E-state index in [2.05, 4.69) is 34.6 Å². The second-order valence-electron chi connectivity index (χ2n) is 32.8. The third-order valence-corrected chi connectivity index (χ3v) is 23.2. The van der Waals surface area contributed by atoms with Crippen LogP contribution in [0, 0.1) is 5.92 Å². The van der Waals surface area contributed by atoms with Crippen LogP contribution in [0.5, 0.6) is 0 Å². The first-order valence-electron chi connectivity index (χ1n) is 46.6. The molecule has 0 aromatic rings. The van der Waals surface area contributed by atoms with Gasteiger partial charge < -0.3 is 33.8 Å². The smallest absolute Gasteiger partial charge is 0.462 e. The van der Waals surface area contributed by atoms with Crippen molar-refractivity contribution in [3.63, 3.8) is 0 Å². The normalized spacial score (nSPS) is 13.7. The molecule has 3 N–H and O–H groups in total. The van der Waals surface area contributed by atoms with E-state index in [4.69, 9.17) is 37.0 Å². The first-order chi connectivity index (χ1) is 53.0. The monoisotopic (exact) mass is 1590 g/mol. The number of carbonyl (C=O) groups excluding carboxylic acids is 4. The summed E-state index contributed by atoms with van der Waals surface area (Å²) in [6.45, 7) is 7.42. The van der Waals surface area contributed by atoms with Gasteiger partial charge in [-0.25, -0.2) is 9.13 Å². The molecule has 109 heavy (non-hydrogen) atoms. The van der Waals surface area contributed by atoms with Crippen LogP contribution in [0.4, 0.5) is 0 Å². The van der Waals surface area contributed by atoms with Crippen molar-refractivity contribution in [2.75, 3.05) is 39.6 Å². The van der Waals surface area contributed by atoms with Crippen LogP contribution in [0.2, 0.25) is 0 Å². The van der Waals surface area contributed by atoms with Crippen LogP contribution in [0.3, 0.4) is 0 Å². The highest BCUT2D eigenvalue weighted by molar-refractivity contribution is 7.47. The molecular weight excluding hydrogens is 1410 g/mol. The van der Waals surface area contributed by atoms with Crippen LogP contribution in [0.15, 0.2) is 0 Å². The fraction of sp³-hybridized carbons (Fsp3) is 0.956. The summed E-state index contributed by atoms with van der Waals surface area (Å²) in [4.78, 5) is 73.4. The molecule has 0 aromatic heterocycles. The van der Waals surface area contributed by atoms with Crippen LogP contribution >= 0.6 is 15.6 Å². The van der Waals surface area contributed by atoms with Crippen molar-refractivity contribution in [1.29, 1.82) is 0 Å². The van der Waals surface area contributed by atoms with E-state index in [1.165, 1.54) is 315 Å². The lowest BCUT2D eigenvalue weighted by atomic mass is 10.0. The highest BCUT2D eigenvalue weighted by atomic mass is 31.2. The zero-order chi connectivity index (χ0) is 79.7. The fourth-order valence-electron chi connectivity index (χ4n) is 14.2. The third kappa shape index (κ3) is 83.8. The number of hydrogen-bond donors (Lipinski definition) is 3. The van der Waals surface area contributed by atoms with Gasteiger partial charge in [0.25, 0.3) is 0 Å². The number of rotatable bonds is 90. The zero-order valence-electron chi connectivity index (χ0n) is 71.7. The molecule has 0 saturated heterocycles. The maximum atomic E-state index is 13.2. The molecule has 2 unspecified atom stereocenters. The van der Waals surface area contributed by atoms with Gasteiger partial charge in [0, 0.05) is 25.7 Å². The average molecular weight is 1590 g/mol. The van der Waals surface area contributed by atoms with Crippen molar-refractivity contribution in [2.24, 2.45) is 5.92 Å². The molecule has 0 saturated carbocycles. The number of unbranched alkanes of at least 4 members (excludes halogenated alkanes) is 62. The first-order valence-corrected chi connectivity index (χ1v) is 49.6. The lowest BCUT2D eigenvalue weighted by molar-refractivity contribution is -0.161. The molecule has 0 rings (SSSR count). The van der Waals surface area contributed by atoms with Crippen molar-refractivity contribution in [2.45, 2.75) is 509 Å². The minimum Gasteiger partial charge on any atom is -0.462 e. The zero-order valence-corrected chi connectivity index (χ0v) is 73.5. The van der Waals surface area contributed by atoms with E-state index in [-0.39, 0.29) is 25.7 Å². The molecule has 0 aliphatic rings. The summed E-state index contributed by atoms with van der Waals surface area (Å²) in [5.41, 5.74) is 0. The van der Waals surface area contributed by atoms with Crippen molar-refractivity contribution < 1.29 is 80.2 Å². The minimum absolute atomic E-state index is 0.109. The summed E-state index contributed by atoms with van der Waals surface area (Å²) in [5.74, 6) is -1.29. The number of hydrogen-bond acceptors (Lipinski definition) is 15. The van der Waals surface area contributed by atoms with E-state index in [1.807, 2.05) is 0 Å². The van der Waals surface area contributed by atoms with Crippen molar-refractivity contribution >= 4 is 39.5 Å². The molecule has 5 atom stereocenters. The molecule has 0 radical (unpaired) electrons. The van der Waals surface area contributed by atoms with Gasteiger partial charge in [-0.1, -0.05) is 439 Å². The number of phosphoric ester groups is 2. The molecule has 648 valence electrons. The van der Waals surface area contributed by atoms with Gasteiger partial charge in [-0.2, -0.15) is 0 Å². The summed E-state index contributed by atoms with van der Waals surface area (Å²) in [7, 11) is -9.93. The van der Waals surface area contributed by atoms with Crippen LogP contribution in [-0.2, 0) is 65.4 Å². The number of phosphoric acid groups is 2. The van der Waals surface area contributed by atoms with Crippen LogP contribution < -0.4 is 0 Å². The highest BCUT2D eigenvalue weighted by Gasteiger charge is 2.31. The Hall–Kier alpha value is -1.94. The molecule has 0 aromatic carbocycles. The Morgan fingerprint density at radius 1 is 0.248 bits per heavy atom. The minimum atomic E-state index is -4.97. The Labute approximate surface area is 670 Å². The van der Waals surface area contributed by atoms with Crippen LogP contribution in [-0.4, -0.2) is 96.7 Å². The van der Waals surface area contributed by atoms with Gasteiger partial charge in [-0.3, -0.25) is 37.3 Å². The second kappa shape index (κ2) is 82.6. The number of esters is 4. The van der Waals surface area contributed by atoms with Gasteiger partial charge in [-0.15, -0.1) is 0 Å². The Morgan fingerprint density at radius 2 is 0.422 bits per heavy atom. The van der Waals surface area contributed by atoms with Gasteiger partial charge in [0.2, 0.25) is 0 Å². The van der Waals surface area contributed by atoms with Crippen LogP contribution in [0.1, 0.15) is 490 Å². The van der Waals surface area contributed by atoms with Crippen molar-refractivity contribution in [1.82, 2.24) is 0 Å². The van der Waals surface area contributed by atoms with Gasteiger partial charge in [0.1, 0.15) is 19.3 Å². The Balaban J connectivity index is 5.26.